The highest BCUT2D eigenvalue weighted by Gasteiger charge is 2.50. The zero-order valence-electron chi connectivity index (χ0n) is 13.7. The van der Waals surface area contributed by atoms with Gasteiger partial charge in [0.2, 0.25) is 11.8 Å². The Bertz CT molecular complexity index is 605. The largest absolute Gasteiger partial charge is 0.369 e. The summed E-state index contributed by atoms with van der Waals surface area (Å²) in [5.41, 5.74) is 0.997. The van der Waals surface area contributed by atoms with Gasteiger partial charge < -0.3 is 9.64 Å². The molecule has 0 aromatic heterocycles. The molecule has 1 aliphatic carbocycles. The van der Waals surface area contributed by atoms with Crippen molar-refractivity contribution >= 4 is 5.91 Å². The lowest BCUT2D eigenvalue weighted by atomic mass is 9.73. The predicted octanol–water partition coefficient (Wildman–Crippen LogP) is 3.60. The number of carbonyl (C=O) groups excluding carboxylic acids is 1. The second-order valence-electron chi connectivity index (χ2n) is 7.52. The molecule has 130 valence electrons. The molecule has 2 heterocycles. The monoisotopic (exact) mass is 335 g/mol. The highest BCUT2D eigenvalue weighted by atomic mass is 19.3. The summed E-state index contributed by atoms with van der Waals surface area (Å²) in [6.45, 7) is 2.04. The van der Waals surface area contributed by atoms with Gasteiger partial charge in [-0.15, -0.1) is 0 Å². The Kier molecular flexibility index (Phi) is 3.87. The molecular weight excluding hydrogens is 312 g/mol. The summed E-state index contributed by atoms with van der Waals surface area (Å²) < 4.78 is 33.5. The Labute approximate surface area is 141 Å². The smallest absolute Gasteiger partial charge is 0.249 e. The van der Waals surface area contributed by atoms with Gasteiger partial charge in [0.25, 0.3) is 0 Å². The minimum Gasteiger partial charge on any atom is -0.369 e. The van der Waals surface area contributed by atoms with Gasteiger partial charge in [-0.05, 0) is 30.7 Å². The van der Waals surface area contributed by atoms with E-state index < -0.39 is 11.8 Å². The van der Waals surface area contributed by atoms with Crippen LogP contribution in [0.2, 0.25) is 0 Å². The first kappa shape index (κ1) is 16.0. The molecule has 0 N–H and O–H groups in total. The number of rotatable bonds is 2. The third kappa shape index (κ3) is 3.06. The number of nitrogens with zero attached hydrogens (tertiary/aromatic N) is 1. The number of benzene rings is 1. The van der Waals surface area contributed by atoms with Crippen molar-refractivity contribution in [1.29, 1.82) is 0 Å². The number of halogens is 2. The average Bonchev–Trinajstić information content (AvgIpc) is 3.34. The standard InChI is InChI=1S/C19H23F2NO2/c20-19(21)7-6-15(14-4-2-1-3-5-14)16(12-19)17(23)22-10-8-18(9-11-22)13-24-18/h1-5,15-16H,6-13H2/t15-,16+/m0/s1. The molecule has 2 saturated heterocycles. The van der Waals surface area contributed by atoms with Crippen molar-refractivity contribution < 1.29 is 18.3 Å². The van der Waals surface area contributed by atoms with E-state index >= 15 is 0 Å². The maximum absolute atomic E-state index is 14.0. The summed E-state index contributed by atoms with van der Waals surface area (Å²) in [4.78, 5) is 14.8. The van der Waals surface area contributed by atoms with Crippen LogP contribution in [-0.4, -0.2) is 42.0 Å². The first-order chi connectivity index (χ1) is 11.5. The topological polar surface area (TPSA) is 32.8 Å². The van der Waals surface area contributed by atoms with Crippen molar-refractivity contribution in [3.05, 3.63) is 35.9 Å². The molecule has 1 amide bonds. The van der Waals surface area contributed by atoms with Crippen LogP contribution in [0, 0.1) is 5.92 Å². The van der Waals surface area contributed by atoms with Crippen molar-refractivity contribution in [3.8, 4) is 0 Å². The molecule has 2 atom stereocenters. The van der Waals surface area contributed by atoms with Gasteiger partial charge in [0.15, 0.2) is 0 Å². The highest BCUT2D eigenvalue weighted by Crippen LogP contribution is 2.46. The Morgan fingerprint density at radius 3 is 2.42 bits per heavy atom. The van der Waals surface area contributed by atoms with Crippen molar-refractivity contribution in [1.82, 2.24) is 4.90 Å². The number of amides is 1. The van der Waals surface area contributed by atoms with Gasteiger partial charge in [-0.1, -0.05) is 30.3 Å². The molecule has 1 aromatic carbocycles. The van der Waals surface area contributed by atoms with Crippen molar-refractivity contribution in [2.24, 2.45) is 5.92 Å². The van der Waals surface area contributed by atoms with Crippen molar-refractivity contribution in [2.45, 2.75) is 49.5 Å². The minimum absolute atomic E-state index is 0.00782. The van der Waals surface area contributed by atoms with E-state index in [1.807, 2.05) is 30.3 Å². The molecule has 1 saturated carbocycles. The molecule has 3 nitrogen and oxygen atoms in total. The van der Waals surface area contributed by atoms with Crippen LogP contribution in [0.15, 0.2) is 30.3 Å². The highest BCUT2D eigenvalue weighted by molar-refractivity contribution is 5.80. The van der Waals surface area contributed by atoms with E-state index in [2.05, 4.69) is 0 Å². The van der Waals surface area contributed by atoms with Crippen LogP contribution < -0.4 is 0 Å². The molecule has 3 aliphatic rings. The third-order valence-corrected chi connectivity index (χ3v) is 5.91. The first-order valence-corrected chi connectivity index (χ1v) is 8.84. The lowest BCUT2D eigenvalue weighted by molar-refractivity contribution is -0.145. The normalized spacial score (nSPS) is 31.0. The molecule has 3 fully saturated rings. The SMILES string of the molecule is O=C([C@@H]1CC(F)(F)CC[C@H]1c1ccccc1)N1CCC2(CC1)CO2. The fraction of sp³-hybridized carbons (Fsp3) is 0.632. The second kappa shape index (κ2) is 5.80. The molecule has 4 rings (SSSR count). The molecular formula is C19H23F2NO2. The van der Waals surface area contributed by atoms with Gasteiger partial charge in [-0.25, -0.2) is 8.78 Å². The van der Waals surface area contributed by atoms with Crippen LogP contribution in [0.5, 0.6) is 0 Å². The number of ether oxygens (including phenoxy) is 1. The van der Waals surface area contributed by atoms with Crippen LogP contribution in [0.1, 0.15) is 43.6 Å². The van der Waals surface area contributed by atoms with E-state index in [-0.39, 0.29) is 30.3 Å². The van der Waals surface area contributed by atoms with E-state index in [9.17, 15) is 13.6 Å². The number of epoxide rings is 1. The lowest BCUT2D eigenvalue weighted by Crippen LogP contribution is -2.48. The third-order valence-electron chi connectivity index (χ3n) is 5.91. The van der Waals surface area contributed by atoms with Crippen LogP contribution in [-0.2, 0) is 9.53 Å². The summed E-state index contributed by atoms with van der Waals surface area (Å²) in [6, 6.07) is 9.66. The Morgan fingerprint density at radius 2 is 1.79 bits per heavy atom. The maximum atomic E-state index is 14.0. The van der Waals surface area contributed by atoms with Crippen molar-refractivity contribution in [2.75, 3.05) is 19.7 Å². The molecule has 1 aromatic rings. The van der Waals surface area contributed by atoms with Crippen LogP contribution in [0.4, 0.5) is 8.78 Å². The second-order valence-corrected chi connectivity index (χ2v) is 7.52. The van der Waals surface area contributed by atoms with Crippen LogP contribution in [0.25, 0.3) is 0 Å². The van der Waals surface area contributed by atoms with Crippen LogP contribution in [0.3, 0.4) is 0 Å². The molecule has 2 aliphatic heterocycles. The van der Waals surface area contributed by atoms with E-state index in [4.69, 9.17) is 4.74 Å². The summed E-state index contributed by atoms with van der Waals surface area (Å²) in [7, 11) is 0. The number of piperidine rings is 1. The van der Waals surface area contributed by atoms with Gasteiger partial charge in [0.05, 0.1) is 18.1 Å². The first-order valence-electron chi connectivity index (χ1n) is 8.84. The Hall–Kier alpha value is -1.49. The number of alkyl halides is 2. The number of carbonyl (C=O) groups is 1. The van der Waals surface area contributed by atoms with E-state index in [1.54, 1.807) is 4.90 Å². The Morgan fingerprint density at radius 1 is 1.12 bits per heavy atom. The van der Waals surface area contributed by atoms with Gasteiger partial charge >= 0.3 is 0 Å². The summed E-state index contributed by atoms with van der Waals surface area (Å²) in [5, 5.41) is 0. The molecule has 24 heavy (non-hydrogen) atoms. The van der Waals surface area contributed by atoms with E-state index in [0.29, 0.717) is 19.5 Å². The quantitative estimate of drug-likeness (QED) is 0.774. The average molecular weight is 335 g/mol. The predicted molar refractivity (Wildman–Crippen MR) is 86.0 cm³/mol. The summed E-state index contributed by atoms with van der Waals surface area (Å²) in [5.74, 6) is -3.56. The van der Waals surface area contributed by atoms with E-state index in [1.165, 1.54) is 0 Å². The van der Waals surface area contributed by atoms with Gasteiger partial charge in [-0.3, -0.25) is 4.79 Å². The number of likely N-dealkylation sites (tertiary alicyclic amines) is 1. The molecule has 0 radical (unpaired) electrons. The van der Waals surface area contributed by atoms with Gasteiger partial charge in [0, 0.05) is 25.9 Å². The Balaban J connectivity index is 1.53. The van der Waals surface area contributed by atoms with Gasteiger partial charge in [0.1, 0.15) is 0 Å². The maximum Gasteiger partial charge on any atom is 0.249 e. The summed E-state index contributed by atoms with van der Waals surface area (Å²) >= 11 is 0. The molecule has 0 unspecified atom stereocenters. The molecule has 5 heteroatoms. The molecule has 1 spiro atoms. The van der Waals surface area contributed by atoms with Crippen LogP contribution >= 0.6 is 0 Å². The lowest BCUT2D eigenvalue weighted by Gasteiger charge is -2.40. The number of hydrogen-bond acceptors (Lipinski definition) is 2. The minimum atomic E-state index is -2.73. The van der Waals surface area contributed by atoms with Gasteiger partial charge in [-0.2, -0.15) is 0 Å². The fourth-order valence-electron chi connectivity index (χ4n) is 4.25. The number of hydrogen-bond donors (Lipinski definition) is 0. The zero-order chi connectivity index (χ0) is 16.8. The van der Waals surface area contributed by atoms with Crippen molar-refractivity contribution in [3.63, 3.8) is 0 Å². The summed E-state index contributed by atoms with van der Waals surface area (Å²) in [6.07, 6.45) is 1.57. The molecule has 0 bridgehead atoms. The van der Waals surface area contributed by atoms with E-state index in [0.717, 1.165) is 25.0 Å². The fourth-order valence-corrected chi connectivity index (χ4v) is 4.25. The zero-order valence-corrected chi connectivity index (χ0v) is 13.7.